The summed E-state index contributed by atoms with van der Waals surface area (Å²) in [5.74, 6) is 1.95. The molecule has 0 saturated heterocycles. The molecule has 1 aromatic carbocycles. The summed E-state index contributed by atoms with van der Waals surface area (Å²) in [6.45, 7) is 9.84. The number of hydrogen-bond donors (Lipinski definition) is 0. The topological polar surface area (TPSA) is 40.0 Å². The molecule has 0 saturated carbocycles. The lowest BCUT2D eigenvalue weighted by Gasteiger charge is -2.18. The van der Waals surface area contributed by atoms with E-state index in [1.807, 2.05) is 26.0 Å². The van der Waals surface area contributed by atoms with E-state index < -0.39 is 0 Å². The van der Waals surface area contributed by atoms with Gasteiger partial charge in [-0.2, -0.15) is 0 Å². The van der Waals surface area contributed by atoms with Crippen molar-refractivity contribution >= 4 is 44.8 Å². The first-order valence-electron chi connectivity index (χ1n) is 10.0. The SMILES string of the molecule is CC(C)=NOCCCCCCCOc1c(Br)cc(OCC=C(Cl)Cl)cc1C(C)C. The van der Waals surface area contributed by atoms with Gasteiger partial charge in [-0.25, -0.2) is 0 Å². The molecule has 0 aromatic heterocycles. The average molecular weight is 509 g/mol. The highest BCUT2D eigenvalue weighted by Gasteiger charge is 2.14. The summed E-state index contributed by atoms with van der Waals surface area (Å²) in [6.07, 6.45) is 7.12. The Kier molecular flexibility index (Phi) is 13.5. The fourth-order valence-corrected chi connectivity index (χ4v) is 3.30. The van der Waals surface area contributed by atoms with Gasteiger partial charge in [0, 0.05) is 5.56 Å². The van der Waals surface area contributed by atoms with Crippen molar-refractivity contribution in [2.24, 2.45) is 5.16 Å². The van der Waals surface area contributed by atoms with E-state index in [2.05, 4.69) is 34.9 Å². The predicted octanol–water partition coefficient (Wildman–Crippen LogP) is 8.01. The van der Waals surface area contributed by atoms with Gasteiger partial charge in [-0.05, 0) is 73.2 Å². The third-order valence-electron chi connectivity index (χ3n) is 4.03. The van der Waals surface area contributed by atoms with Crippen LogP contribution >= 0.6 is 39.1 Å². The highest BCUT2D eigenvalue weighted by Crippen LogP contribution is 2.38. The van der Waals surface area contributed by atoms with Crippen LogP contribution in [0.25, 0.3) is 0 Å². The Bertz CT molecular complexity index is 670. The molecule has 0 bridgehead atoms. The van der Waals surface area contributed by atoms with E-state index in [4.69, 9.17) is 37.5 Å². The number of halogens is 3. The largest absolute Gasteiger partial charge is 0.492 e. The minimum Gasteiger partial charge on any atom is -0.492 e. The maximum Gasteiger partial charge on any atom is 0.137 e. The molecule has 0 N–H and O–H groups in total. The minimum atomic E-state index is 0.199. The van der Waals surface area contributed by atoms with E-state index in [9.17, 15) is 0 Å². The van der Waals surface area contributed by atoms with Gasteiger partial charge in [0.25, 0.3) is 0 Å². The summed E-state index contributed by atoms with van der Waals surface area (Å²) < 4.78 is 12.9. The first kappa shape index (κ1) is 26.1. The molecule has 164 valence electrons. The zero-order valence-corrected chi connectivity index (χ0v) is 20.9. The number of nitrogens with zero attached hydrogens (tertiary/aromatic N) is 1. The van der Waals surface area contributed by atoms with Crippen LogP contribution in [0.2, 0.25) is 0 Å². The Balaban J connectivity index is 2.42. The molecule has 1 aromatic rings. The molecule has 0 fully saturated rings. The Morgan fingerprint density at radius 1 is 1.03 bits per heavy atom. The molecule has 0 heterocycles. The van der Waals surface area contributed by atoms with Crippen LogP contribution in [0.15, 0.2) is 32.3 Å². The monoisotopic (exact) mass is 507 g/mol. The van der Waals surface area contributed by atoms with Crippen molar-refractivity contribution in [2.45, 2.75) is 65.7 Å². The number of rotatable bonds is 14. The maximum atomic E-state index is 6.10. The van der Waals surface area contributed by atoms with E-state index in [1.165, 1.54) is 6.42 Å². The van der Waals surface area contributed by atoms with Crippen LogP contribution in [0.4, 0.5) is 0 Å². The van der Waals surface area contributed by atoms with Gasteiger partial charge in [-0.1, -0.05) is 55.0 Å². The van der Waals surface area contributed by atoms with Gasteiger partial charge in [0.15, 0.2) is 0 Å². The van der Waals surface area contributed by atoms with E-state index in [0.29, 0.717) is 25.7 Å². The highest BCUT2D eigenvalue weighted by atomic mass is 79.9. The van der Waals surface area contributed by atoms with Crippen LogP contribution in [0.3, 0.4) is 0 Å². The second-order valence-corrected chi connectivity index (χ2v) is 9.13. The Hall–Kier alpha value is -0.910. The molecular weight excluding hydrogens is 477 g/mol. The lowest BCUT2D eigenvalue weighted by molar-refractivity contribution is 0.139. The van der Waals surface area contributed by atoms with E-state index in [1.54, 1.807) is 6.08 Å². The van der Waals surface area contributed by atoms with Crippen LogP contribution in [-0.2, 0) is 4.84 Å². The Morgan fingerprint density at radius 2 is 1.69 bits per heavy atom. The first-order valence-corrected chi connectivity index (χ1v) is 11.6. The minimum absolute atomic E-state index is 0.199. The van der Waals surface area contributed by atoms with Crippen molar-refractivity contribution in [3.63, 3.8) is 0 Å². The van der Waals surface area contributed by atoms with Crippen molar-refractivity contribution in [3.8, 4) is 11.5 Å². The first-order chi connectivity index (χ1) is 13.8. The molecule has 1 rings (SSSR count). The highest BCUT2D eigenvalue weighted by molar-refractivity contribution is 9.10. The summed E-state index contributed by atoms with van der Waals surface area (Å²) in [6, 6.07) is 3.93. The Labute approximate surface area is 193 Å². The number of oxime groups is 1. The lowest BCUT2D eigenvalue weighted by atomic mass is 10.0. The lowest BCUT2D eigenvalue weighted by Crippen LogP contribution is -2.04. The quantitative estimate of drug-likeness (QED) is 0.145. The van der Waals surface area contributed by atoms with Gasteiger partial charge in [-0.3, -0.25) is 0 Å². The van der Waals surface area contributed by atoms with Crippen molar-refractivity contribution in [3.05, 3.63) is 32.7 Å². The number of ether oxygens (including phenoxy) is 2. The summed E-state index contributed by atoms with van der Waals surface area (Å²) in [5, 5.41) is 3.93. The van der Waals surface area contributed by atoms with Crippen LogP contribution < -0.4 is 9.47 Å². The summed E-state index contributed by atoms with van der Waals surface area (Å²) in [7, 11) is 0. The number of hydrogen-bond acceptors (Lipinski definition) is 4. The van der Waals surface area contributed by atoms with Gasteiger partial charge in [0.05, 0.1) is 16.8 Å². The summed E-state index contributed by atoms with van der Waals surface area (Å²) in [4.78, 5) is 5.21. The van der Waals surface area contributed by atoms with Gasteiger partial charge < -0.3 is 14.3 Å². The van der Waals surface area contributed by atoms with Gasteiger partial charge in [-0.15, -0.1) is 0 Å². The molecule has 0 radical (unpaired) electrons. The number of benzene rings is 1. The fourth-order valence-electron chi connectivity index (χ4n) is 2.60. The van der Waals surface area contributed by atoms with Gasteiger partial charge in [0.2, 0.25) is 0 Å². The molecule has 0 aliphatic carbocycles. The van der Waals surface area contributed by atoms with Gasteiger partial charge in [0.1, 0.15) is 29.2 Å². The van der Waals surface area contributed by atoms with Crippen molar-refractivity contribution in [1.29, 1.82) is 0 Å². The molecule has 0 atom stereocenters. The Morgan fingerprint density at radius 3 is 2.31 bits per heavy atom. The molecule has 0 aliphatic rings. The van der Waals surface area contributed by atoms with Crippen molar-refractivity contribution in [2.75, 3.05) is 19.8 Å². The molecule has 4 nitrogen and oxygen atoms in total. The summed E-state index contributed by atoms with van der Waals surface area (Å²) in [5.41, 5.74) is 2.06. The zero-order chi connectivity index (χ0) is 21.6. The van der Waals surface area contributed by atoms with Crippen LogP contribution in [0.1, 0.15) is 71.3 Å². The predicted molar refractivity (Wildman–Crippen MR) is 127 cm³/mol. The smallest absolute Gasteiger partial charge is 0.137 e. The van der Waals surface area contributed by atoms with Crippen molar-refractivity contribution < 1.29 is 14.3 Å². The second kappa shape index (κ2) is 15.0. The van der Waals surface area contributed by atoms with Crippen molar-refractivity contribution in [1.82, 2.24) is 0 Å². The number of unbranched alkanes of at least 4 members (excludes halogenated alkanes) is 4. The maximum absolute atomic E-state index is 6.10. The molecule has 0 unspecified atom stereocenters. The van der Waals surface area contributed by atoms with E-state index in [0.717, 1.165) is 52.9 Å². The van der Waals surface area contributed by atoms with Crippen LogP contribution in [-0.4, -0.2) is 25.5 Å². The van der Waals surface area contributed by atoms with E-state index >= 15 is 0 Å². The van der Waals surface area contributed by atoms with Gasteiger partial charge >= 0.3 is 0 Å². The molecule has 29 heavy (non-hydrogen) atoms. The third-order valence-corrected chi connectivity index (χ3v) is 4.93. The zero-order valence-electron chi connectivity index (χ0n) is 17.8. The van der Waals surface area contributed by atoms with Crippen LogP contribution in [0, 0.1) is 0 Å². The molecular formula is C22H32BrCl2NO3. The standard InChI is InChI=1S/C22H32BrCl2NO3/c1-16(2)19-14-18(27-13-10-21(24)25)15-20(23)22(19)28-11-8-6-5-7-9-12-29-26-17(3)4/h10,14-16H,5-9,11-13H2,1-4H3. The molecule has 7 heteroatoms. The molecule has 0 spiro atoms. The second-order valence-electron chi connectivity index (χ2n) is 7.27. The molecule has 0 aliphatic heterocycles. The van der Waals surface area contributed by atoms with E-state index in [-0.39, 0.29) is 4.49 Å². The fraction of sp³-hybridized carbons (Fsp3) is 0.591. The molecule has 0 amide bonds. The average Bonchev–Trinajstić information content (AvgIpc) is 2.63. The van der Waals surface area contributed by atoms with Crippen LogP contribution in [0.5, 0.6) is 11.5 Å². The normalized spacial score (nSPS) is 10.6. The third kappa shape index (κ3) is 11.8. The summed E-state index contributed by atoms with van der Waals surface area (Å²) >= 11 is 14.9.